The van der Waals surface area contributed by atoms with Crippen molar-refractivity contribution in [2.45, 2.75) is 56.4 Å². The molecule has 11 nitrogen and oxygen atoms in total. The number of thioether (sulfide) groups is 1. The minimum atomic E-state index is -1.23. The highest BCUT2D eigenvalue weighted by atomic mass is 32.2. The normalized spacial score (nSPS) is 13.8. The van der Waals surface area contributed by atoms with E-state index in [1.54, 1.807) is 56.9 Å². The molecule has 1 aliphatic rings. The van der Waals surface area contributed by atoms with Crippen molar-refractivity contribution in [1.29, 1.82) is 0 Å². The summed E-state index contributed by atoms with van der Waals surface area (Å²) in [5, 5.41) is 13.8. The van der Waals surface area contributed by atoms with Gasteiger partial charge in [0.25, 0.3) is 0 Å². The second-order valence-corrected chi connectivity index (χ2v) is 12.3. The van der Waals surface area contributed by atoms with Gasteiger partial charge in [-0.1, -0.05) is 6.07 Å². The van der Waals surface area contributed by atoms with Crippen molar-refractivity contribution in [3.63, 3.8) is 0 Å². The number of fused-ring (bicyclic) bond motifs is 1. The van der Waals surface area contributed by atoms with Crippen LogP contribution in [0.25, 0.3) is 0 Å². The highest BCUT2D eigenvalue weighted by molar-refractivity contribution is 8.00. The monoisotopic (exact) mass is 589 g/mol. The summed E-state index contributed by atoms with van der Waals surface area (Å²) >= 11 is 2.46. The third-order valence-corrected chi connectivity index (χ3v) is 7.72. The van der Waals surface area contributed by atoms with Gasteiger partial charge in [0.05, 0.1) is 24.5 Å². The van der Waals surface area contributed by atoms with Crippen LogP contribution in [-0.2, 0) is 36.8 Å². The van der Waals surface area contributed by atoms with Crippen LogP contribution in [0.1, 0.15) is 48.5 Å². The molecule has 0 fully saturated rings. The van der Waals surface area contributed by atoms with Gasteiger partial charge in [0.1, 0.15) is 10.6 Å². The summed E-state index contributed by atoms with van der Waals surface area (Å²) in [5.41, 5.74) is 0.828. The van der Waals surface area contributed by atoms with Crippen molar-refractivity contribution < 1.29 is 38.6 Å². The Labute approximate surface area is 239 Å². The number of thiophene rings is 1. The van der Waals surface area contributed by atoms with E-state index in [1.807, 2.05) is 0 Å². The molecule has 40 heavy (non-hydrogen) atoms. The summed E-state index contributed by atoms with van der Waals surface area (Å²) in [7, 11) is 1.27. The van der Waals surface area contributed by atoms with Gasteiger partial charge in [-0.2, -0.15) is 0 Å². The molecule has 1 unspecified atom stereocenters. The molecule has 1 aliphatic heterocycles. The van der Waals surface area contributed by atoms with Crippen molar-refractivity contribution in [1.82, 2.24) is 4.90 Å². The number of methoxy groups -OCH3 is 1. The molecule has 3 amide bonds. The lowest BCUT2D eigenvalue weighted by Gasteiger charge is -2.30. The second kappa shape index (κ2) is 13.0. The molecule has 3 N–H and O–H groups in total. The Morgan fingerprint density at radius 2 is 1.88 bits per heavy atom. The van der Waals surface area contributed by atoms with Gasteiger partial charge in [-0.3, -0.25) is 9.59 Å². The lowest BCUT2D eigenvalue weighted by atomic mass is 10.0. The number of hydrogen-bond donors (Lipinski definition) is 3. The highest BCUT2D eigenvalue weighted by Crippen LogP contribution is 2.38. The first-order valence-electron chi connectivity index (χ1n) is 12.3. The number of esters is 1. The van der Waals surface area contributed by atoms with Gasteiger partial charge in [0, 0.05) is 34.2 Å². The molecule has 13 heteroatoms. The van der Waals surface area contributed by atoms with Crippen LogP contribution >= 0.6 is 23.1 Å². The predicted molar refractivity (Wildman–Crippen MR) is 152 cm³/mol. The summed E-state index contributed by atoms with van der Waals surface area (Å²) in [5.74, 6) is -2.75. The molecular weight excluding hydrogens is 558 g/mol. The quantitative estimate of drug-likeness (QED) is 0.229. The summed E-state index contributed by atoms with van der Waals surface area (Å²) in [4.78, 5) is 63.9. The highest BCUT2D eigenvalue weighted by Gasteiger charge is 2.33. The first-order chi connectivity index (χ1) is 18.8. The molecule has 0 saturated carbocycles. The number of amides is 3. The zero-order valence-corrected chi connectivity index (χ0v) is 24.4. The van der Waals surface area contributed by atoms with Gasteiger partial charge in [-0.15, -0.1) is 23.1 Å². The lowest BCUT2D eigenvalue weighted by molar-refractivity contribution is -0.131. The molecule has 0 bridgehead atoms. The molecule has 1 aromatic carbocycles. The Morgan fingerprint density at radius 1 is 1.15 bits per heavy atom. The second-order valence-electron chi connectivity index (χ2n) is 9.79. The number of ether oxygens (including phenoxy) is 2. The fourth-order valence-corrected chi connectivity index (χ4v) is 5.92. The van der Waals surface area contributed by atoms with E-state index in [4.69, 9.17) is 14.6 Å². The molecule has 0 spiro atoms. The number of carboxylic acids is 1. The number of carbonyl (C=O) groups is 5. The van der Waals surface area contributed by atoms with E-state index in [0.29, 0.717) is 28.5 Å². The molecule has 2 aromatic rings. The van der Waals surface area contributed by atoms with E-state index in [-0.39, 0.29) is 18.0 Å². The van der Waals surface area contributed by atoms with Gasteiger partial charge in [-0.05, 0) is 57.9 Å². The number of benzene rings is 1. The summed E-state index contributed by atoms with van der Waals surface area (Å²) in [6.07, 6.45) is 1.61. The summed E-state index contributed by atoms with van der Waals surface area (Å²) in [6, 6.07) is 6.77. The Balaban J connectivity index is 1.72. The fraction of sp³-hybridized carbons (Fsp3) is 0.370. The van der Waals surface area contributed by atoms with Crippen molar-refractivity contribution in [3.05, 3.63) is 52.4 Å². The van der Waals surface area contributed by atoms with Crippen LogP contribution in [0.5, 0.6) is 0 Å². The third kappa shape index (κ3) is 8.33. The lowest BCUT2D eigenvalue weighted by Crippen LogP contribution is -2.39. The number of aliphatic carboxylic acids is 1. The van der Waals surface area contributed by atoms with Crippen molar-refractivity contribution >= 4 is 63.6 Å². The summed E-state index contributed by atoms with van der Waals surface area (Å²) in [6.45, 7) is 7.69. The van der Waals surface area contributed by atoms with Crippen LogP contribution in [0.4, 0.5) is 15.5 Å². The molecule has 1 atom stereocenters. The number of nitrogens with one attached hydrogen (secondary N) is 2. The largest absolute Gasteiger partial charge is 0.478 e. The predicted octanol–water partition coefficient (Wildman–Crippen LogP) is 4.53. The van der Waals surface area contributed by atoms with Gasteiger partial charge in [-0.25, -0.2) is 14.4 Å². The van der Waals surface area contributed by atoms with Crippen molar-refractivity contribution in [2.24, 2.45) is 0 Å². The van der Waals surface area contributed by atoms with Crippen LogP contribution in [0.2, 0.25) is 0 Å². The number of carbonyl (C=O) groups excluding carboxylic acids is 4. The van der Waals surface area contributed by atoms with Gasteiger partial charge < -0.3 is 30.1 Å². The SMILES string of the molecule is COC(=O)c1c(NC(=O)C(C)Sc2cccc(NC(=O)/C=C/C(=O)O)c2)sc2c1CCN(C(=O)OC(C)(C)C)C2. The molecule has 0 saturated heterocycles. The molecule has 1 aromatic heterocycles. The van der Waals surface area contributed by atoms with Crippen LogP contribution in [-0.4, -0.2) is 64.4 Å². The number of rotatable bonds is 8. The maximum absolute atomic E-state index is 13.1. The van der Waals surface area contributed by atoms with Gasteiger partial charge in [0.15, 0.2) is 0 Å². The Hall–Kier alpha value is -3.84. The minimum Gasteiger partial charge on any atom is -0.478 e. The van der Waals surface area contributed by atoms with Gasteiger partial charge in [0.2, 0.25) is 11.8 Å². The third-order valence-electron chi connectivity index (χ3n) is 5.50. The average Bonchev–Trinajstić information content (AvgIpc) is 3.23. The average molecular weight is 590 g/mol. The van der Waals surface area contributed by atoms with E-state index < -0.39 is 34.8 Å². The minimum absolute atomic E-state index is 0.249. The Kier molecular flexibility index (Phi) is 9.98. The number of anilines is 2. The standard InChI is InChI=1S/C27H31N3O8S2/c1-15(39-17-8-6-7-16(13-17)28-20(31)9-10-21(32)33)23(34)29-24-22(25(35)37-5)18-11-12-30(14-19(18)40-24)26(36)38-27(2,3)4/h6-10,13,15H,11-12,14H2,1-5H3,(H,28,31)(H,29,34)(H,32,33)/b10-9+. The zero-order valence-electron chi connectivity index (χ0n) is 22.7. The molecular formula is C27H31N3O8S2. The Morgan fingerprint density at radius 3 is 2.52 bits per heavy atom. The molecule has 2 heterocycles. The first kappa shape index (κ1) is 30.7. The molecule has 214 valence electrons. The van der Waals surface area contributed by atoms with Crippen LogP contribution < -0.4 is 10.6 Å². The van der Waals surface area contributed by atoms with E-state index >= 15 is 0 Å². The summed E-state index contributed by atoms with van der Waals surface area (Å²) < 4.78 is 10.5. The topological polar surface area (TPSA) is 151 Å². The number of hydrogen-bond acceptors (Lipinski definition) is 9. The van der Waals surface area contributed by atoms with E-state index in [2.05, 4.69) is 10.6 Å². The number of nitrogens with zero attached hydrogens (tertiary/aromatic N) is 1. The maximum atomic E-state index is 13.1. The van der Waals surface area contributed by atoms with Crippen molar-refractivity contribution in [2.75, 3.05) is 24.3 Å². The number of carboxylic acid groups (broad SMARTS) is 1. The zero-order chi connectivity index (χ0) is 29.6. The van der Waals surface area contributed by atoms with E-state index in [1.165, 1.54) is 30.2 Å². The molecule has 0 radical (unpaired) electrons. The van der Waals surface area contributed by atoms with Crippen LogP contribution in [0.15, 0.2) is 41.3 Å². The smallest absolute Gasteiger partial charge is 0.410 e. The molecule has 0 aliphatic carbocycles. The van der Waals surface area contributed by atoms with Crippen LogP contribution in [0.3, 0.4) is 0 Å². The Bertz CT molecular complexity index is 1350. The van der Waals surface area contributed by atoms with Crippen molar-refractivity contribution in [3.8, 4) is 0 Å². The maximum Gasteiger partial charge on any atom is 0.410 e. The van der Waals surface area contributed by atoms with Crippen LogP contribution in [0, 0.1) is 0 Å². The van der Waals surface area contributed by atoms with E-state index in [9.17, 15) is 24.0 Å². The first-order valence-corrected chi connectivity index (χ1v) is 14.0. The van der Waals surface area contributed by atoms with E-state index in [0.717, 1.165) is 22.6 Å². The fourth-order valence-electron chi connectivity index (χ4n) is 3.74. The molecule has 3 rings (SSSR count). The van der Waals surface area contributed by atoms with Gasteiger partial charge >= 0.3 is 18.0 Å².